The van der Waals surface area contributed by atoms with Gasteiger partial charge in [0.2, 0.25) is 0 Å². The monoisotopic (exact) mass is 386 g/mol. The number of Topliss-reactive ketones (excluding diaryl/α,β-unsaturated/α-hetero) is 1. The molecule has 0 heterocycles. The molecule has 0 saturated carbocycles. The Balaban J connectivity index is 2.11. The van der Waals surface area contributed by atoms with E-state index >= 15 is 0 Å². The van der Waals surface area contributed by atoms with E-state index in [-0.39, 0.29) is 5.78 Å². The second-order valence-electron chi connectivity index (χ2n) is 4.60. The molecule has 0 unspecified atom stereocenters. The molecular formula is C16H13BrCl2O2. The number of benzene rings is 2. The van der Waals surface area contributed by atoms with Crippen molar-refractivity contribution >= 4 is 44.9 Å². The lowest BCUT2D eigenvalue weighted by molar-refractivity contribution is -0.117. The van der Waals surface area contributed by atoms with Crippen LogP contribution < -0.4 is 4.74 Å². The average Bonchev–Trinajstić information content (AvgIpc) is 2.43. The molecule has 0 N–H and O–H groups in total. The summed E-state index contributed by atoms with van der Waals surface area (Å²) in [6.07, 6.45) is 0.620. The zero-order valence-corrected chi connectivity index (χ0v) is 14.4. The summed E-state index contributed by atoms with van der Waals surface area (Å²) in [6, 6.07) is 10.8. The van der Waals surface area contributed by atoms with Gasteiger partial charge in [-0.1, -0.05) is 45.2 Å². The third-order valence-electron chi connectivity index (χ3n) is 3.02. The third-order valence-corrected chi connectivity index (χ3v) is 4.25. The van der Waals surface area contributed by atoms with Crippen LogP contribution in [0.4, 0.5) is 0 Å². The van der Waals surface area contributed by atoms with Crippen LogP contribution in [-0.2, 0) is 17.6 Å². The second-order valence-corrected chi connectivity index (χ2v) is 6.33. The van der Waals surface area contributed by atoms with Gasteiger partial charge in [0.15, 0.2) is 0 Å². The van der Waals surface area contributed by atoms with Crippen LogP contribution in [0.1, 0.15) is 11.1 Å². The molecule has 0 atom stereocenters. The number of carbonyl (C=O) groups excluding carboxylic acids is 1. The van der Waals surface area contributed by atoms with Gasteiger partial charge in [-0.2, -0.15) is 0 Å². The van der Waals surface area contributed by atoms with E-state index < -0.39 is 0 Å². The van der Waals surface area contributed by atoms with Crippen LogP contribution in [0, 0.1) is 0 Å². The number of ether oxygens (including phenoxy) is 1. The van der Waals surface area contributed by atoms with Gasteiger partial charge in [-0.25, -0.2) is 0 Å². The van der Waals surface area contributed by atoms with Crippen molar-refractivity contribution in [2.75, 3.05) is 7.11 Å². The molecular weight excluding hydrogens is 375 g/mol. The predicted octanol–water partition coefficient (Wildman–Crippen LogP) is 5.12. The summed E-state index contributed by atoms with van der Waals surface area (Å²) in [5.41, 5.74) is 1.71. The first-order chi connectivity index (χ1) is 9.99. The molecule has 0 radical (unpaired) electrons. The van der Waals surface area contributed by atoms with E-state index in [1.165, 1.54) is 0 Å². The normalized spacial score (nSPS) is 10.5. The second kappa shape index (κ2) is 7.30. The summed E-state index contributed by atoms with van der Waals surface area (Å²) < 4.78 is 6.19. The molecule has 2 aromatic rings. The lowest BCUT2D eigenvalue weighted by Crippen LogP contribution is -2.07. The SMILES string of the molecule is COc1ccc(Br)cc1CC(=O)Cc1ccc(Cl)c(Cl)c1. The topological polar surface area (TPSA) is 26.3 Å². The highest BCUT2D eigenvalue weighted by Gasteiger charge is 2.11. The van der Waals surface area contributed by atoms with Gasteiger partial charge in [0.25, 0.3) is 0 Å². The Morgan fingerprint density at radius 2 is 1.86 bits per heavy atom. The van der Waals surface area contributed by atoms with Crippen LogP contribution in [0.5, 0.6) is 5.75 Å². The van der Waals surface area contributed by atoms with Gasteiger partial charge >= 0.3 is 0 Å². The van der Waals surface area contributed by atoms with Gasteiger partial charge in [0.1, 0.15) is 11.5 Å². The molecule has 0 aromatic heterocycles. The molecule has 2 rings (SSSR count). The standard InChI is InChI=1S/C16H13BrCl2O2/c1-21-16-5-3-12(17)8-11(16)9-13(20)6-10-2-4-14(18)15(19)7-10/h2-5,7-8H,6,9H2,1H3. The van der Waals surface area contributed by atoms with E-state index in [1.54, 1.807) is 19.2 Å². The van der Waals surface area contributed by atoms with Crippen molar-refractivity contribution < 1.29 is 9.53 Å². The van der Waals surface area contributed by atoms with Crippen molar-refractivity contribution in [2.45, 2.75) is 12.8 Å². The summed E-state index contributed by atoms with van der Waals surface area (Å²) in [5, 5.41) is 0.948. The maximum Gasteiger partial charge on any atom is 0.141 e. The van der Waals surface area contributed by atoms with Gasteiger partial charge < -0.3 is 4.74 Å². The minimum absolute atomic E-state index is 0.0878. The fourth-order valence-electron chi connectivity index (χ4n) is 2.04. The maximum atomic E-state index is 12.2. The molecule has 21 heavy (non-hydrogen) atoms. The minimum Gasteiger partial charge on any atom is -0.496 e. The minimum atomic E-state index is 0.0878. The van der Waals surface area contributed by atoms with Gasteiger partial charge in [-0.3, -0.25) is 4.79 Å². The number of rotatable bonds is 5. The quantitative estimate of drug-likeness (QED) is 0.711. The van der Waals surface area contributed by atoms with Crippen LogP contribution in [0.3, 0.4) is 0 Å². The highest BCUT2D eigenvalue weighted by atomic mass is 79.9. The molecule has 0 spiro atoms. The van der Waals surface area contributed by atoms with Crippen LogP contribution in [0.25, 0.3) is 0 Å². The summed E-state index contributed by atoms with van der Waals surface area (Å²) in [6.45, 7) is 0. The highest BCUT2D eigenvalue weighted by molar-refractivity contribution is 9.10. The number of hydrogen-bond donors (Lipinski definition) is 0. The van der Waals surface area contributed by atoms with Crippen LogP contribution in [0.2, 0.25) is 10.0 Å². The summed E-state index contributed by atoms with van der Waals surface area (Å²) in [4.78, 5) is 12.2. The predicted molar refractivity (Wildman–Crippen MR) is 89.6 cm³/mol. The highest BCUT2D eigenvalue weighted by Crippen LogP contribution is 2.25. The lowest BCUT2D eigenvalue weighted by atomic mass is 10.0. The van der Waals surface area contributed by atoms with Crippen molar-refractivity contribution in [3.63, 3.8) is 0 Å². The molecule has 0 aliphatic heterocycles. The van der Waals surface area contributed by atoms with Gasteiger partial charge in [-0.05, 0) is 35.9 Å². The number of halogens is 3. The van der Waals surface area contributed by atoms with Crippen molar-refractivity contribution in [3.8, 4) is 5.75 Å². The summed E-state index contributed by atoms with van der Waals surface area (Å²) >= 11 is 15.2. The van der Waals surface area contributed by atoms with Crippen molar-refractivity contribution in [2.24, 2.45) is 0 Å². The van der Waals surface area contributed by atoms with E-state index in [0.717, 1.165) is 15.6 Å². The zero-order valence-electron chi connectivity index (χ0n) is 11.3. The van der Waals surface area contributed by atoms with E-state index in [4.69, 9.17) is 27.9 Å². The van der Waals surface area contributed by atoms with E-state index in [0.29, 0.717) is 28.6 Å². The fourth-order valence-corrected chi connectivity index (χ4v) is 2.77. The summed E-state index contributed by atoms with van der Waals surface area (Å²) in [7, 11) is 1.59. The average molecular weight is 388 g/mol. The Kier molecular flexibility index (Phi) is 5.68. The zero-order chi connectivity index (χ0) is 15.4. The molecule has 0 aliphatic rings. The molecule has 2 aromatic carbocycles. The Morgan fingerprint density at radius 3 is 2.52 bits per heavy atom. The molecule has 0 bridgehead atoms. The first-order valence-corrected chi connectivity index (χ1v) is 7.82. The first kappa shape index (κ1) is 16.3. The van der Waals surface area contributed by atoms with E-state index in [2.05, 4.69) is 15.9 Å². The van der Waals surface area contributed by atoms with Crippen molar-refractivity contribution in [1.29, 1.82) is 0 Å². The third kappa shape index (κ3) is 4.47. The Bertz CT molecular complexity index is 671. The number of hydrogen-bond acceptors (Lipinski definition) is 2. The molecule has 0 aliphatic carbocycles. The van der Waals surface area contributed by atoms with Crippen LogP contribution in [0.15, 0.2) is 40.9 Å². The molecule has 0 amide bonds. The molecule has 110 valence electrons. The van der Waals surface area contributed by atoms with Gasteiger partial charge in [0, 0.05) is 22.9 Å². The Labute approximate surface area is 142 Å². The lowest BCUT2D eigenvalue weighted by Gasteiger charge is -2.09. The molecule has 2 nitrogen and oxygen atoms in total. The number of methoxy groups -OCH3 is 1. The Morgan fingerprint density at radius 1 is 1.10 bits per heavy atom. The number of carbonyl (C=O) groups is 1. The van der Waals surface area contributed by atoms with E-state index in [9.17, 15) is 4.79 Å². The van der Waals surface area contributed by atoms with Crippen LogP contribution >= 0.6 is 39.1 Å². The number of ketones is 1. The van der Waals surface area contributed by atoms with E-state index in [1.807, 2.05) is 24.3 Å². The van der Waals surface area contributed by atoms with Gasteiger partial charge in [-0.15, -0.1) is 0 Å². The fraction of sp³-hybridized carbons (Fsp3) is 0.188. The Hall–Kier alpha value is -1.03. The maximum absolute atomic E-state index is 12.2. The summed E-state index contributed by atoms with van der Waals surface area (Å²) in [5.74, 6) is 0.797. The first-order valence-electron chi connectivity index (χ1n) is 6.27. The largest absolute Gasteiger partial charge is 0.496 e. The molecule has 0 saturated heterocycles. The molecule has 5 heteroatoms. The molecule has 0 fully saturated rings. The smallest absolute Gasteiger partial charge is 0.141 e. The van der Waals surface area contributed by atoms with Crippen molar-refractivity contribution in [3.05, 3.63) is 62.0 Å². The van der Waals surface area contributed by atoms with Crippen LogP contribution in [-0.4, -0.2) is 12.9 Å². The van der Waals surface area contributed by atoms with Gasteiger partial charge in [0.05, 0.1) is 17.2 Å². The van der Waals surface area contributed by atoms with Crippen molar-refractivity contribution in [1.82, 2.24) is 0 Å².